The third-order valence-corrected chi connectivity index (χ3v) is 6.42. The molecule has 3 aromatic rings. The summed E-state index contributed by atoms with van der Waals surface area (Å²) in [5.74, 6) is 0. The van der Waals surface area contributed by atoms with E-state index in [-0.39, 0.29) is 16.0 Å². The number of para-hydroxylation sites is 1. The molecule has 3 aromatic carbocycles. The highest BCUT2D eigenvalue weighted by Crippen LogP contribution is 2.55. The van der Waals surface area contributed by atoms with Gasteiger partial charge in [0.15, 0.2) is 0 Å². The molecule has 3 heteroatoms. The van der Waals surface area contributed by atoms with Gasteiger partial charge in [-0.15, -0.1) is 0 Å². The van der Waals surface area contributed by atoms with E-state index >= 15 is 0 Å². The molecule has 0 saturated heterocycles. The molecule has 2 aliphatic carbocycles. The van der Waals surface area contributed by atoms with Crippen LogP contribution in [-0.2, 0) is 5.41 Å². The lowest BCUT2D eigenvalue weighted by Crippen LogP contribution is -2.23. The number of nitro groups is 1. The van der Waals surface area contributed by atoms with Gasteiger partial charge < -0.3 is 0 Å². The lowest BCUT2D eigenvalue weighted by Gasteiger charge is -2.31. The average molecular weight is 379 g/mol. The maximum Gasteiger partial charge on any atom is 0.276 e. The van der Waals surface area contributed by atoms with Crippen LogP contribution < -0.4 is 0 Å². The maximum absolute atomic E-state index is 11.6. The summed E-state index contributed by atoms with van der Waals surface area (Å²) in [5, 5.41) is 11.6. The second-order valence-corrected chi connectivity index (χ2v) is 7.87. The number of nitro benzene ring substituents is 1. The molecule has 5 rings (SSSR count). The van der Waals surface area contributed by atoms with Crippen molar-refractivity contribution in [2.24, 2.45) is 0 Å². The fourth-order valence-corrected chi connectivity index (χ4v) is 4.98. The van der Waals surface area contributed by atoms with Crippen LogP contribution in [-0.4, -0.2) is 4.92 Å². The highest BCUT2D eigenvalue weighted by molar-refractivity contribution is 5.91. The Balaban J connectivity index is 1.74. The first kappa shape index (κ1) is 17.6. The summed E-state index contributed by atoms with van der Waals surface area (Å²) in [6.07, 6.45) is 3.92. The minimum absolute atomic E-state index is 0.180. The van der Waals surface area contributed by atoms with E-state index in [1.807, 2.05) is 18.2 Å². The molecular formula is C26H21NO2. The highest BCUT2D eigenvalue weighted by atomic mass is 16.6. The SMILES string of the molecule is CC1(c2ccccc2)C2=C(CCC(c3ccccc3[N+](=O)[O-])=C2)c2ccccc21. The Morgan fingerprint density at radius 2 is 1.48 bits per heavy atom. The number of rotatable bonds is 3. The molecule has 0 radical (unpaired) electrons. The van der Waals surface area contributed by atoms with E-state index in [9.17, 15) is 10.1 Å². The monoisotopic (exact) mass is 379 g/mol. The van der Waals surface area contributed by atoms with Gasteiger partial charge in [-0.05, 0) is 59.2 Å². The molecule has 0 amide bonds. The quantitative estimate of drug-likeness (QED) is 0.383. The van der Waals surface area contributed by atoms with Crippen molar-refractivity contribution in [1.29, 1.82) is 0 Å². The van der Waals surface area contributed by atoms with Crippen LogP contribution in [0.25, 0.3) is 11.1 Å². The molecule has 0 bridgehead atoms. The van der Waals surface area contributed by atoms with Gasteiger partial charge in [0, 0.05) is 11.5 Å². The molecule has 142 valence electrons. The highest BCUT2D eigenvalue weighted by Gasteiger charge is 2.42. The van der Waals surface area contributed by atoms with Gasteiger partial charge in [-0.3, -0.25) is 10.1 Å². The van der Waals surface area contributed by atoms with Crippen molar-refractivity contribution in [2.75, 3.05) is 0 Å². The second kappa shape index (κ2) is 6.56. The lowest BCUT2D eigenvalue weighted by atomic mass is 9.71. The summed E-state index contributed by atoms with van der Waals surface area (Å²) in [6.45, 7) is 2.28. The van der Waals surface area contributed by atoms with Crippen molar-refractivity contribution in [3.8, 4) is 0 Å². The summed E-state index contributed by atoms with van der Waals surface area (Å²) >= 11 is 0. The van der Waals surface area contributed by atoms with Crippen LogP contribution in [0.4, 0.5) is 5.69 Å². The van der Waals surface area contributed by atoms with Crippen molar-refractivity contribution in [3.63, 3.8) is 0 Å². The number of hydrogen-bond acceptors (Lipinski definition) is 2. The Morgan fingerprint density at radius 3 is 2.24 bits per heavy atom. The predicted octanol–water partition coefficient (Wildman–Crippen LogP) is 6.55. The van der Waals surface area contributed by atoms with Gasteiger partial charge in [0.1, 0.15) is 0 Å². The minimum atomic E-state index is -0.278. The fourth-order valence-electron chi connectivity index (χ4n) is 4.98. The normalized spacial score (nSPS) is 20.1. The van der Waals surface area contributed by atoms with Gasteiger partial charge in [0.25, 0.3) is 5.69 Å². The van der Waals surface area contributed by atoms with Gasteiger partial charge in [0.05, 0.1) is 10.5 Å². The van der Waals surface area contributed by atoms with Crippen LogP contribution in [0.15, 0.2) is 90.5 Å². The Hall–Kier alpha value is -3.46. The molecule has 0 spiro atoms. The number of nitrogens with zero attached hydrogens (tertiary/aromatic N) is 1. The van der Waals surface area contributed by atoms with Crippen molar-refractivity contribution in [3.05, 3.63) is 123 Å². The van der Waals surface area contributed by atoms with Crippen LogP contribution in [0.3, 0.4) is 0 Å². The first-order valence-corrected chi connectivity index (χ1v) is 9.94. The standard InChI is InChI=1S/C26H21NO2/c1-26(19-9-3-2-4-10-19)23-13-7-5-12-21(23)22-16-15-18(17-24(22)26)20-11-6-8-14-25(20)27(28)29/h2-14,17H,15-16H2,1H3. The van der Waals surface area contributed by atoms with E-state index < -0.39 is 0 Å². The number of hydrogen-bond donors (Lipinski definition) is 0. The summed E-state index contributed by atoms with van der Waals surface area (Å²) in [5.41, 5.74) is 8.21. The zero-order chi connectivity index (χ0) is 20.0. The van der Waals surface area contributed by atoms with Crippen molar-refractivity contribution in [1.82, 2.24) is 0 Å². The molecule has 0 saturated carbocycles. The Kier molecular flexibility index (Phi) is 3.99. The first-order valence-electron chi connectivity index (χ1n) is 9.94. The third kappa shape index (κ3) is 2.58. The average Bonchev–Trinajstić information content (AvgIpc) is 3.04. The largest absolute Gasteiger partial charge is 0.276 e. The van der Waals surface area contributed by atoms with Gasteiger partial charge in [0.2, 0.25) is 0 Å². The minimum Gasteiger partial charge on any atom is -0.258 e. The maximum atomic E-state index is 11.6. The fraction of sp³-hybridized carbons (Fsp3) is 0.154. The molecule has 2 aliphatic rings. The molecule has 0 N–H and O–H groups in total. The zero-order valence-corrected chi connectivity index (χ0v) is 16.3. The molecule has 0 aliphatic heterocycles. The molecule has 29 heavy (non-hydrogen) atoms. The molecule has 3 nitrogen and oxygen atoms in total. The molecule has 0 heterocycles. The smallest absolute Gasteiger partial charge is 0.258 e. The molecule has 1 unspecified atom stereocenters. The van der Waals surface area contributed by atoms with E-state index in [4.69, 9.17) is 0 Å². The Labute approximate surface area is 170 Å². The molecule has 1 atom stereocenters. The van der Waals surface area contributed by atoms with Gasteiger partial charge in [-0.1, -0.05) is 72.8 Å². The van der Waals surface area contributed by atoms with E-state index in [1.54, 1.807) is 12.1 Å². The van der Waals surface area contributed by atoms with E-state index in [2.05, 4.69) is 61.5 Å². The summed E-state index contributed by atoms with van der Waals surface area (Å²) < 4.78 is 0. The number of fused-ring (bicyclic) bond motifs is 2. The van der Waals surface area contributed by atoms with Crippen molar-refractivity contribution < 1.29 is 4.92 Å². The van der Waals surface area contributed by atoms with Crippen LogP contribution in [0.1, 0.15) is 42.0 Å². The Bertz CT molecular complexity index is 1190. The predicted molar refractivity (Wildman–Crippen MR) is 117 cm³/mol. The van der Waals surface area contributed by atoms with Gasteiger partial charge in [-0.25, -0.2) is 0 Å². The van der Waals surface area contributed by atoms with Crippen LogP contribution in [0.5, 0.6) is 0 Å². The van der Waals surface area contributed by atoms with Crippen LogP contribution in [0.2, 0.25) is 0 Å². The number of allylic oxidation sites excluding steroid dienone is 4. The molecule has 0 aromatic heterocycles. The van der Waals surface area contributed by atoms with Crippen molar-refractivity contribution >= 4 is 16.8 Å². The van der Waals surface area contributed by atoms with Crippen molar-refractivity contribution in [2.45, 2.75) is 25.2 Å². The molecule has 0 fully saturated rings. The zero-order valence-electron chi connectivity index (χ0n) is 16.3. The first-order chi connectivity index (χ1) is 14.1. The summed E-state index contributed by atoms with van der Waals surface area (Å²) in [4.78, 5) is 11.3. The second-order valence-electron chi connectivity index (χ2n) is 7.87. The van der Waals surface area contributed by atoms with E-state index in [0.717, 1.165) is 24.0 Å². The molecular weight excluding hydrogens is 358 g/mol. The third-order valence-electron chi connectivity index (χ3n) is 6.42. The van der Waals surface area contributed by atoms with Gasteiger partial charge >= 0.3 is 0 Å². The summed E-state index contributed by atoms with van der Waals surface area (Å²) in [7, 11) is 0. The Morgan fingerprint density at radius 1 is 0.828 bits per heavy atom. The van der Waals surface area contributed by atoms with Crippen LogP contribution >= 0.6 is 0 Å². The lowest BCUT2D eigenvalue weighted by molar-refractivity contribution is -0.385. The van der Waals surface area contributed by atoms with E-state index in [0.29, 0.717) is 0 Å². The van der Waals surface area contributed by atoms with E-state index in [1.165, 1.54) is 27.8 Å². The van der Waals surface area contributed by atoms with Crippen LogP contribution in [0, 0.1) is 10.1 Å². The topological polar surface area (TPSA) is 43.1 Å². The number of benzene rings is 3. The van der Waals surface area contributed by atoms with Gasteiger partial charge in [-0.2, -0.15) is 0 Å². The summed E-state index contributed by atoms with van der Waals surface area (Å²) in [6, 6.07) is 26.3.